The molecule has 2 nitrogen and oxygen atoms in total. The fourth-order valence-electron chi connectivity index (χ4n) is 2.12. The Hall–Kier alpha value is -1.56. The lowest BCUT2D eigenvalue weighted by Crippen LogP contribution is -2.29. The second-order valence-corrected chi connectivity index (χ2v) is 4.72. The lowest BCUT2D eigenvalue weighted by Gasteiger charge is -2.29. The molecular formula is C14H14F4O2. The van der Waals surface area contributed by atoms with Gasteiger partial charge in [0.2, 0.25) is 0 Å². The Labute approximate surface area is 114 Å². The van der Waals surface area contributed by atoms with Crippen LogP contribution in [0.3, 0.4) is 0 Å². The highest BCUT2D eigenvalue weighted by atomic mass is 19.3. The number of halogens is 4. The molecule has 0 fully saturated rings. The monoisotopic (exact) mass is 290 g/mol. The molecule has 0 amide bonds. The molecule has 0 N–H and O–H groups in total. The van der Waals surface area contributed by atoms with Crippen LogP contribution in [0, 0.1) is 17.6 Å². The number of allylic oxidation sites excluding steroid dienone is 1. The molecule has 0 aromatic heterocycles. The zero-order valence-corrected chi connectivity index (χ0v) is 10.8. The van der Waals surface area contributed by atoms with Crippen molar-refractivity contribution in [2.45, 2.75) is 26.1 Å². The minimum atomic E-state index is -2.84. The first kappa shape index (κ1) is 14.8. The van der Waals surface area contributed by atoms with Gasteiger partial charge in [-0.05, 0) is 30.0 Å². The SMILES string of the molecule is C[C@H]1CC(c2ccc(F)cc2F)=CO[C@@H]1COC(F)F. The largest absolute Gasteiger partial charge is 0.495 e. The van der Waals surface area contributed by atoms with Crippen LogP contribution in [0.2, 0.25) is 0 Å². The quantitative estimate of drug-likeness (QED) is 0.781. The molecule has 0 saturated heterocycles. The van der Waals surface area contributed by atoms with Crippen LogP contribution >= 0.6 is 0 Å². The second-order valence-electron chi connectivity index (χ2n) is 4.72. The first-order valence-corrected chi connectivity index (χ1v) is 6.17. The molecular weight excluding hydrogens is 276 g/mol. The molecule has 110 valence electrons. The summed E-state index contributed by atoms with van der Waals surface area (Å²) >= 11 is 0. The molecule has 0 saturated carbocycles. The van der Waals surface area contributed by atoms with Gasteiger partial charge in [0.15, 0.2) is 0 Å². The lowest BCUT2D eigenvalue weighted by molar-refractivity contribution is -0.154. The average Bonchev–Trinajstić information content (AvgIpc) is 2.37. The molecule has 1 aromatic rings. The first-order valence-electron chi connectivity index (χ1n) is 6.17. The van der Waals surface area contributed by atoms with Crippen LogP contribution in [-0.4, -0.2) is 19.3 Å². The van der Waals surface area contributed by atoms with E-state index < -0.39 is 24.3 Å². The van der Waals surface area contributed by atoms with Gasteiger partial charge in [0, 0.05) is 11.6 Å². The molecule has 0 bridgehead atoms. The van der Waals surface area contributed by atoms with Crippen molar-refractivity contribution in [2.24, 2.45) is 5.92 Å². The number of benzene rings is 1. The number of hydrogen-bond donors (Lipinski definition) is 0. The molecule has 1 heterocycles. The molecule has 0 aliphatic carbocycles. The van der Waals surface area contributed by atoms with Gasteiger partial charge in [-0.3, -0.25) is 0 Å². The Morgan fingerprint density at radius 1 is 1.35 bits per heavy atom. The third-order valence-electron chi connectivity index (χ3n) is 3.23. The van der Waals surface area contributed by atoms with Crippen LogP contribution in [0.25, 0.3) is 5.57 Å². The third-order valence-corrected chi connectivity index (χ3v) is 3.23. The highest BCUT2D eigenvalue weighted by Gasteiger charge is 2.26. The van der Waals surface area contributed by atoms with E-state index in [-0.39, 0.29) is 18.1 Å². The van der Waals surface area contributed by atoms with E-state index in [9.17, 15) is 17.6 Å². The highest BCUT2D eigenvalue weighted by Crippen LogP contribution is 2.32. The number of alkyl halides is 2. The second kappa shape index (κ2) is 6.26. The molecule has 0 spiro atoms. The molecule has 1 aliphatic rings. The minimum absolute atomic E-state index is 0.113. The summed E-state index contributed by atoms with van der Waals surface area (Å²) in [6, 6.07) is 3.30. The number of hydrogen-bond acceptors (Lipinski definition) is 2. The van der Waals surface area contributed by atoms with Crippen molar-refractivity contribution in [1.82, 2.24) is 0 Å². The molecule has 2 rings (SSSR count). The summed E-state index contributed by atoms with van der Waals surface area (Å²) in [5, 5.41) is 0. The maximum absolute atomic E-state index is 13.7. The Morgan fingerprint density at radius 2 is 2.10 bits per heavy atom. The van der Waals surface area contributed by atoms with E-state index in [0.717, 1.165) is 12.1 Å². The molecule has 20 heavy (non-hydrogen) atoms. The van der Waals surface area contributed by atoms with Gasteiger partial charge < -0.3 is 9.47 Å². The van der Waals surface area contributed by atoms with Crippen LogP contribution < -0.4 is 0 Å². The summed E-state index contributed by atoms with van der Waals surface area (Å²) < 4.78 is 60.0. The van der Waals surface area contributed by atoms with Crippen molar-refractivity contribution >= 4 is 5.57 Å². The van der Waals surface area contributed by atoms with Crippen LogP contribution in [-0.2, 0) is 9.47 Å². The lowest BCUT2D eigenvalue weighted by atomic mass is 9.90. The Morgan fingerprint density at radius 3 is 2.70 bits per heavy atom. The smallest absolute Gasteiger partial charge is 0.345 e. The molecule has 1 aromatic carbocycles. The number of ether oxygens (including phenoxy) is 2. The summed E-state index contributed by atoms with van der Waals surface area (Å²) in [5.74, 6) is -1.44. The van der Waals surface area contributed by atoms with Crippen LogP contribution in [0.15, 0.2) is 24.5 Å². The molecule has 2 atom stereocenters. The van der Waals surface area contributed by atoms with E-state index in [2.05, 4.69) is 4.74 Å². The van der Waals surface area contributed by atoms with E-state index in [1.807, 2.05) is 0 Å². The van der Waals surface area contributed by atoms with Crippen molar-refractivity contribution in [1.29, 1.82) is 0 Å². The normalized spacial score (nSPS) is 22.6. The van der Waals surface area contributed by atoms with Crippen LogP contribution in [0.1, 0.15) is 18.9 Å². The van der Waals surface area contributed by atoms with E-state index in [1.54, 1.807) is 6.92 Å². The Kier molecular flexibility index (Phi) is 4.65. The van der Waals surface area contributed by atoms with Crippen molar-refractivity contribution < 1.29 is 27.0 Å². The van der Waals surface area contributed by atoms with E-state index in [1.165, 1.54) is 12.3 Å². The van der Waals surface area contributed by atoms with E-state index in [4.69, 9.17) is 4.74 Å². The molecule has 0 radical (unpaired) electrons. The predicted molar refractivity (Wildman–Crippen MR) is 64.9 cm³/mol. The van der Waals surface area contributed by atoms with Crippen LogP contribution in [0.4, 0.5) is 17.6 Å². The zero-order valence-electron chi connectivity index (χ0n) is 10.8. The minimum Gasteiger partial charge on any atom is -0.495 e. The van der Waals surface area contributed by atoms with E-state index in [0.29, 0.717) is 12.0 Å². The summed E-state index contributed by atoms with van der Waals surface area (Å²) in [4.78, 5) is 0. The Bertz CT molecular complexity index is 502. The van der Waals surface area contributed by atoms with Gasteiger partial charge in [-0.1, -0.05) is 6.92 Å². The van der Waals surface area contributed by atoms with Gasteiger partial charge >= 0.3 is 6.61 Å². The molecule has 6 heteroatoms. The third kappa shape index (κ3) is 3.50. The van der Waals surface area contributed by atoms with Crippen molar-refractivity contribution in [2.75, 3.05) is 6.61 Å². The van der Waals surface area contributed by atoms with Gasteiger partial charge in [-0.15, -0.1) is 0 Å². The highest BCUT2D eigenvalue weighted by molar-refractivity contribution is 5.66. The summed E-state index contributed by atoms with van der Waals surface area (Å²) in [5.41, 5.74) is 0.828. The summed E-state index contributed by atoms with van der Waals surface area (Å²) in [6.07, 6.45) is 1.27. The Balaban J connectivity index is 2.08. The van der Waals surface area contributed by atoms with Crippen molar-refractivity contribution in [3.63, 3.8) is 0 Å². The maximum atomic E-state index is 13.7. The topological polar surface area (TPSA) is 18.5 Å². The predicted octanol–water partition coefficient (Wildman–Crippen LogP) is 3.97. The van der Waals surface area contributed by atoms with Gasteiger partial charge in [0.1, 0.15) is 17.7 Å². The fourth-order valence-corrected chi connectivity index (χ4v) is 2.12. The summed E-state index contributed by atoms with van der Waals surface area (Å²) in [7, 11) is 0. The van der Waals surface area contributed by atoms with Crippen molar-refractivity contribution in [3.8, 4) is 0 Å². The fraction of sp³-hybridized carbons (Fsp3) is 0.429. The standard InChI is InChI=1S/C14H14F4O2/c1-8-4-9(6-19-13(8)7-20-14(17)18)11-3-2-10(15)5-12(11)16/h2-3,5-6,8,13-14H,4,7H2,1H3/t8-,13+/m0/s1. The average molecular weight is 290 g/mol. The van der Waals surface area contributed by atoms with Gasteiger partial charge in [0.05, 0.1) is 12.9 Å². The van der Waals surface area contributed by atoms with Gasteiger partial charge in [-0.25, -0.2) is 8.78 Å². The molecule has 0 unspecified atom stereocenters. The van der Waals surface area contributed by atoms with E-state index >= 15 is 0 Å². The number of rotatable bonds is 4. The van der Waals surface area contributed by atoms with Gasteiger partial charge in [0.25, 0.3) is 0 Å². The summed E-state index contributed by atoms with van der Waals surface area (Å²) in [6.45, 7) is -1.27. The van der Waals surface area contributed by atoms with Crippen molar-refractivity contribution in [3.05, 3.63) is 41.7 Å². The van der Waals surface area contributed by atoms with Crippen LogP contribution in [0.5, 0.6) is 0 Å². The first-order chi connectivity index (χ1) is 9.47. The van der Waals surface area contributed by atoms with Gasteiger partial charge in [-0.2, -0.15) is 8.78 Å². The maximum Gasteiger partial charge on any atom is 0.345 e. The molecule has 1 aliphatic heterocycles. The zero-order chi connectivity index (χ0) is 14.7.